The summed E-state index contributed by atoms with van der Waals surface area (Å²) >= 11 is 0. The maximum absolute atomic E-state index is 14.4. The number of carbonyl (C=O) groups is 3. The number of imidazole rings is 1. The quantitative estimate of drug-likeness (QED) is 0.320. The highest BCUT2D eigenvalue weighted by molar-refractivity contribution is 5.96. The number of aryl methyl sites for hydroxylation is 1. The van der Waals surface area contributed by atoms with E-state index in [4.69, 9.17) is 4.98 Å². The molecule has 0 aliphatic heterocycles. The zero-order valence-corrected chi connectivity index (χ0v) is 24.2. The van der Waals surface area contributed by atoms with Crippen molar-refractivity contribution >= 4 is 34.6 Å². The van der Waals surface area contributed by atoms with Crippen molar-refractivity contribution in [3.63, 3.8) is 0 Å². The minimum absolute atomic E-state index is 0.0359. The summed E-state index contributed by atoms with van der Waals surface area (Å²) in [6, 6.07) is 4.76. The molecule has 1 atom stereocenters. The number of hydrogen-bond donors (Lipinski definition) is 3. The Morgan fingerprint density at radius 1 is 1.22 bits per heavy atom. The molecule has 2 aromatic heterocycles. The topological polar surface area (TPSA) is 139 Å². The molecule has 3 aromatic rings. The van der Waals surface area contributed by atoms with Crippen molar-refractivity contribution in [2.45, 2.75) is 52.6 Å². The summed E-state index contributed by atoms with van der Waals surface area (Å²) in [5, 5.41) is 13.9. The Labute approximate surface area is 237 Å². The minimum Gasteiger partial charge on any atom is -0.465 e. The van der Waals surface area contributed by atoms with Crippen LogP contribution in [0.2, 0.25) is 0 Å². The zero-order chi connectivity index (χ0) is 30.5. The molecule has 0 fully saturated rings. The standard InChI is InChI=1S/C29H37FN6O5/c1-29(2,3)16-18-14-19(30)15-22-25(18)33-23(35(22)6)17-36-13-9-11-21(27(36)39)31-26(38)20(32-28(40)41)10-7-8-12-24(37)34(4)5/h8-9,11-15,20,32H,7,10,16-17H2,1-6H3,(H,31,38)(H,40,41). The number of carboxylic acid groups (broad SMARTS) is 1. The largest absolute Gasteiger partial charge is 0.465 e. The zero-order valence-electron chi connectivity index (χ0n) is 24.2. The van der Waals surface area contributed by atoms with Crippen molar-refractivity contribution in [3.8, 4) is 0 Å². The second kappa shape index (κ2) is 12.8. The second-order valence-corrected chi connectivity index (χ2v) is 11.3. The van der Waals surface area contributed by atoms with E-state index in [1.54, 1.807) is 44.0 Å². The minimum atomic E-state index is -1.40. The lowest BCUT2D eigenvalue weighted by molar-refractivity contribution is -0.123. The lowest BCUT2D eigenvalue weighted by Gasteiger charge is -2.18. The normalized spacial score (nSPS) is 12.5. The van der Waals surface area contributed by atoms with E-state index >= 15 is 0 Å². The van der Waals surface area contributed by atoms with E-state index in [9.17, 15) is 28.7 Å². The van der Waals surface area contributed by atoms with Gasteiger partial charge in [-0.15, -0.1) is 0 Å². The third-order valence-corrected chi connectivity index (χ3v) is 6.37. The van der Waals surface area contributed by atoms with Gasteiger partial charge in [0.05, 0.1) is 17.6 Å². The first kappa shape index (κ1) is 31.1. The van der Waals surface area contributed by atoms with Crippen molar-refractivity contribution in [2.24, 2.45) is 12.5 Å². The number of nitrogens with zero attached hydrogens (tertiary/aromatic N) is 4. The first-order chi connectivity index (χ1) is 19.2. The molecule has 0 bridgehead atoms. The maximum atomic E-state index is 14.4. The Balaban J connectivity index is 1.83. The summed E-state index contributed by atoms with van der Waals surface area (Å²) < 4.78 is 17.5. The highest BCUT2D eigenvalue weighted by Crippen LogP contribution is 2.28. The summed E-state index contributed by atoms with van der Waals surface area (Å²) in [6.07, 6.45) is 3.99. The third-order valence-electron chi connectivity index (χ3n) is 6.37. The first-order valence-electron chi connectivity index (χ1n) is 13.2. The van der Waals surface area contributed by atoms with Crippen molar-refractivity contribution in [2.75, 3.05) is 19.4 Å². The fourth-order valence-corrected chi connectivity index (χ4v) is 4.36. The molecule has 0 radical (unpaired) electrons. The van der Waals surface area contributed by atoms with Gasteiger partial charge in [0, 0.05) is 27.3 Å². The number of halogens is 1. The number of anilines is 1. The van der Waals surface area contributed by atoms with Gasteiger partial charge >= 0.3 is 6.09 Å². The molecule has 3 N–H and O–H groups in total. The Hall–Kier alpha value is -4.48. The molecular weight excluding hydrogens is 531 g/mol. The number of rotatable bonds is 10. The number of fused-ring (bicyclic) bond motifs is 1. The molecule has 2 heterocycles. The van der Waals surface area contributed by atoms with Gasteiger partial charge in [-0.3, -0.25) is 14.4 Å². The molecule has 11 nitrogen and oxygen atoms in total. The molecule has 0 saturated heterocycles. The average molecular weight is 569 g/mol. The van der Waals surface area contributed by atoms with Crippen LogP contribution in [0.3, 0.4) is 0 Å². The van der Waals surface area contributed by atoms with Crippen molar-refractivity contribution in [1.82, 2.24) is 24.3 Å². The Morgan fingerprint density at radius 2 is 1.93 bits per heavy atom. The highest BCUT2D eigenvalue weighted by Gasteiger charge is 2.22. The van der Waals surface area contributed by atoms with Crippen LogP contribution >= 0.6 is 0 Å². The number of carbonyl (C=O) groups excluding carboxylic acids is 2. The van der Waals surface area contributed by atoms with Crippen LogP contribution in [0.5, 0.6) is 0 Å². The van der Waals surface area contributed by atoms with E-state index in [1.165, 1.54) is 33.7 Å². The van der Waals surface area contributed by atoms with Crippen LogP contribution in [0.15, 0.2) is 47.4 Å². The molecule has 1 unspecified atom stereocenters. The third kappa shape index (κ3) is 8.26. The number of amides is 3. The molecule has 1 aromatic carbocycles. The molecule has 0 aliphatic carbocycles. The first-order valence-corrected chi connectivity index (χ1v) is 13.2. The Kier molecular flexibility index (Phi) is 9.69. The summed E-state index contributed by atoms with van der Waals surface area (Å²) in [6.45, 7) is 6.25. The van der Waals surface area contributed by atoms with Gasteiger partial charge in [-0.2, -0.15) is 0 Å². The number of nitrogens with one attached hydrogen (secondary N) is 2. The van der Waals surface area contributed by atoms with Crippen LogP contribution < -0.4 is 16.2 Å². The van der Waals surface area contributed by atoms with Gasteiger partial charge in [-0.1, -0.05) is 26.8 Å². The molecular formula is C29H37FN6O5. The van der Waals surface area contributed by atoms with Crippen molar-refractivity contribution in [1.29, 1.82) is 0 Å². The number of pyridine rings is 1. The maximum Gasteiger partial charge on any atom is 0.405 e. The SMILES string of the molecule is CN(C)C(=O)C=CCCC(NC(=O)O)C(=O)Nc1cccn(Cc2nc3c(CC(C)(C)C)cc(F)cc3n2C)c1=O. The second-order valence-electron chi connectivity index (χ2n) is 11.3. The summed E-state index contributed by atoms with van der Waals surface area (Å²) in [7, 11) is 4.95. The molecule has 3 rings (SSSR count). The van der Waals surface area contributed by atoms with Gasteiger partial charge < -0.3 is 29.8 Å². The lowest BCUT2D eigenvalue weighted by atomic mass is 9.87. The van der Waals surface area contributed by atoms with E-state index in [0.29, 0.717) is 23.3 Å². The molecule has 0 aliphatic rings. The molecule has 220 valence electrons. The van der Waals surface area contributed by atoms with Crippen LogP contribution in [-0.4, -0.2) is 62.2 Å². The number of likely N-dealkylation sites (N-methyl/N-ethyl adjacent to an activating group) is 1. The van der Waals surface area contributed by atoms with E-state index < -0.39 is 23.6 Å². The Morgan fingerprint density at radius 3 is 2.56 bits per heavy atom. The predicted octanol–water partition coefficient (Wildman–Crippen LogP) is 3.51. The van der Waals surface area contributed by atoms with Gasteiger partial charge in [-0.05, 0) is 60.6 Å². The Bertz CT molecular complexity index is 1530. The fraction of sp³-hybridized carbons (Fsp3) is 0.414. The number of benzene rings is 1. The van der Waals surface area contributed by atoms with Crippen LogP contribution in [0, 0.1) is 11.2 Å². The number of allylic oxidation sites excluding steroid dienone is 1. The fourth-order valence-electron chi connectivity index (χ4n) is 4.36. The van der Waals surface area contributed by atoms with Crippen molar-refractivity contribution < 1.29 is 23.9 Å². The molecule has 12 heteroatoms. The monoisotopic (exact) mass is 568 g/mol. The van der Waals surface area contributed by atoms with Crippen LogP contribution in [-0.2, 0) is 29.6 Å². The van der Waals surface area contributed by atoms with Gasteiger partial charge in [0.25, 0.3) is 5.56 Å². The van der Waals surface area contributed by atoms with Crippen LogP contribution in [0.1, 0.15) is 45.0 Å². The van der Waals surface area contributed by atoms with Crippen molar-refractivity contribution in [3.05, 3.63) is 70.2 Å². The van der Waals surface area contributed by atoms with Crippen LogP contribution in [0.4, 0.5) is 14.9 Å². The summed E-state index contributed by atoms with van der Waals surface area (Å²) in [4.78, 5) is 55.3. The number of aromatic nitrogens is 3. The average Bonchev–Trinajstić information content (AvgIpc) is 3.17. The van der Waals surface area contributed by atoms with E-state index in [2.05, 4.69) is 31.4 Å². The van der Waals surface area contributed by atoms with Gasteiger partial charge in [0.15, 0.2) is 0 Å². The number of hydrogen-bond acceptors (Lipinski definition) is 5. The molecule has 41 heavy (non-hydrogen) atoms. The lowest BCUT2D eigenvalue weighted by Crippen LogP contribution is -2.44. The summed E-state index contributed by atoms with van der Waals surface area (Å²) in [5.74, 6) is -0.786. The molecule has 0 saturated carbocycles. The van der Waals surface area contributed by atoms with E-state index in [1.807, 2.05) is 0 Å². The molecule has 3 amide bonds. The highest BCUT2D eigenvalue weighted by atomic mass is 19.1. The van der Waals surface area contributed by atoms with E-state index in [-0.39, 0.29) is 42.2 Å². The smallest absolute Gasteiger partial charge is 0.405 e. The molecule has 0 spiro atoms. The predicted molar refractivity (Wildman–Crippen MR) is 154 cm³/mol. The van der Waals surface area contributed by atoms with Crippen LogP contribution in [0.25, 0.3) is 11.0 Å². The van der Waals surface area contributed by atoms with Gasteiger partial charge in [-0.25, -0.2) is 14.2 Å². The van der Waals surface area contributed by atoms with Gasteiger partial charge in [0.2, 0.25) is 11.8 Å². The summed E-state index contributed by atoms with van der Waals surface area (Å²) in [5.41, 5.74) is 1.42. The van der Waals surface area contributed by atoms with E-state index in [0.717, 1.165) is 5.56 Å². The van der Waals surface area contributed by atoms with Gasteiger partial charge in [0.1, 0.15) is 23.4 Å².